The van der Waals surface area contributed by atoms with Gasteiger partial charge < -0.3 is 15.7 Å². The number of nitrogens with one attached hydrogen (secondary N) is 2. The Labute approximate surface area is 126 Å². The monoisotopic (exact) mass is 316 g/mol. The number of hydrogen-bond donors (Lipinski definition) is 3. The second kappa shape index (κ2) is 7.89. The van der Waals surface area contributed by atoms with Crippen molar-refractivity contribution in [2.45, 2.75) is 12.5 Å². The highest BCUT2D eigenvalue weighted by atomic mass is 35.5. The Hall–Kier alpha value is -1.56. The molecule has 0 aromatic heterocycles. The van der Waals surface area contributed by atoms with Crippen LogP contribution in [0.2, 0.25) is 10.0 Å². The number of hydrogen-bond acceptors (Lipinski definition) is 3. The van der Waals surface area contributed by atoms with Crippen molar-refractivity contribution in [3.05, 3.63) is 40.9 Å². The van der Waals surface area contributed by atoms with Gasteiger partial charge in [0.2, 0.25) is 5.91 Å². The van der Waals surface area contributed by atoms with E-state index in [1.54, 1.807) is 12.1 Å². The highest BCUT2D eigenvalue weighted by Crippen LogP contribution is 2.25. The smallest absolute Gasteiger partial charge is 0.321 e. The van der Waals surface area contributed by atoms with Crippen LogP contribution in [0.15, 0.2) is 30.9 Å². The molecule has 0 aliphatic heterocycles. The van der Waals surface area contributed by atoms with Crippen LogP contribution >= 0.6 is 23.2 Å². The molecule has 0 spiro atoms. The largest absolute Gasteiger partial charge is 0.480 e. The van der Waals surface area contributed by atoms with E-state index in [1.807, 2.05) is 0 Å². The van der Waals surface area contributed by atoms with Gasteiger partial charge >= 0.3 is 5.97 Å². The van der Waals surface area contributed by atoms with Crippen LogP contribution < -0.4 is 10.6 Å². The number of carboxylic acid groups (broad SMARTS) is 1. The highest BCUT2D eigenvalue weighted by Gasteiger charge is 2.20. The van der Waals surface area contributed by atoms with Crippen LogP contribution in [-0.2, 0) is 9.59 Å². The summed E-state index contributed by atoms with van der Waals surface area (Å²) in [6.45, 7) is 3.78. The van der Waals surface area contributed by atoms with Crippen LogP contribution in [0.4, 0.5) is 5.69 Å². The summed E-state index contributed by atoms with van der Waals surface area (Å²) in [5.41, 5.74) is 0.456. The topological polar surface area (TPSA) is 78.4 Å². The standard InChI is InChI=1S/C13H14Cl2N2O3/c1-2-5-16-11(13(19)20)7-12(18)17-8-3-4-9(14)10(15)6-8/h2-4,6,11,16H,1,5,7H2,(H,17,18)(H,19,20)/t11-/m0/s1. The summed E-state index contributed by atoms with van der Waals surface area (Å²) >= 11 is 11.6. The average Bonchev–Trinajstić information content (AvgIpc) is 2.38. The molecule has 0 heterocycles. The molecule has 7 heteroatoms. The fourth-order valence-corrected chi connectivity index (χ4v) is 1.74. The summed E-state index contributed by atoms with van der Waals surface area (Å²) in [5.74, 6) is -1.54. The zero-order valence-corrected chi connectivity index (χ0v) is 12.0. The number of carboxylic acids is 1. The number of carbonyl (C=O) groups is 2. The molecule has 1 rings (SSSR count). The van der Waals surface area contributed by atoms with E-state index < -0.39 is 17.9 Å². The van der Waals surface area contributed by atoms with Gasteiger partial charge in [0, 0.05) is 12.2 Å². The predicted octanol–water partition coefficient (Wildman–Crippen LogP) is 2.55. The zero-order chi connectivity index (χ0) is 15.1. The Morgan fingerprint density at radius 3 is 2.60 bits per heavy atom. The number of carbonyl (C=O) groups excluding carboxylic acids is 1. The first-order valence-electron chi connectivity index (χ1n) is 5.76. The summed E-state index contributed by atoms with van der Waals surface area (Å²) in [5, 5.41) is 14.9. The van der Waals surface area contributed by atoms with Crippen molar-refractivity contribution in [2.24, 2.45) is 0 Å². The Morgan fingerprint density at radius 2 is 2.05 bits per heavy atom. The minimum absolute atomic E-state index is 0.205. The molecule has 108 valence electrons. The van der Waals surface area contributed by atoms with Gasteiger partial charge in [-0.1, -0.05) is 29.3 Å². The first kappa shape index (κ1) is 16.5. The summed E-state index contributed by atoms with van der Waals surface area (Å²) in [6, 6.07) is 3.65. The van der Waals surface area contributed by atoms with Gasteiger partial charge in [0.15, 0.2) is 0 Å². The van der Waals surface area contributed by atoms with E-state index in [-0.39, 0.29) is 6.42 Å². The summed E-state index contributed by atoms with van der Waals surface area (Å²) < 4.78 is 0. The second-order valence-electron chi connectivity index (χ2n) is 3.97. The first-order valence-corrected chi connectivity index (χ1v) is 6.51. The molecule has 0 saturated heterocycles. The Morgan fingerprint density at radius 1 is 1.35 bits per heavy atom. The van der Waals surface area contributed by atoms with E-state index in [0.29, 0.717) is 22.3 Å². The van der Waals surface area contributed by atoms with Gasteiger partial charge in [-0.2, -0.15) is 0 Å². The summed E-state index contributed by atoms with van der Waals surface area (Å²) in [4.78, 5) is 22.7. The SMILES string of the molecule is C=CCN[C@@H](CC(=O)Nc1ccc(Cl)c(Cl)c1)C(=O)O. The van der Waals surface area contributed by atoms with Crippen LogP contribution in [0.5, 0.6) is 0 Å². The molecule has 0 bridgehead atoms. The summed E-state index contributed by atoms with van der Waals surface area (Å²) in [7, 11) is 0. The van der Waals surface area contributed by atoms with Crippen molar-refractivity contribution in [1.29, 1.82) is 0 Å². The molecule has 0 unspecified atom stereocenters. The molecule has 1 aromatic rings. The quantitative estimate of drug-likeness (QED) is 0.675. The number of rotatable bonds is 7. The number of amides is 1. The molecule has 1 aromatic carbocycles. The van der Waals surface area contributed by atoms with E-state index in [4.69, 9.17) is 28.3 Å². The van der Waals surface area contributed by atoms with Crippen LogP contribution in [0, 0.1) is 0 Å². The first-order chi connectivity index (χ1) is 9.43. The minimum atomic E-state index is -1.10. The molecule has 0 radical (unpaired) electrons. The maximum Gasteiger partial charge on any atom is 0.321 e. The van der Waals surface area contributed by atoms with Gasteiger partial charge in [-0.25, -0.2) is 0 Å². The van der Waals surface area contributed by atoms with Gasteiger partial charge in [-0.3, -0.25) is 9.59 Å². The maximum absolute atomic E-state index is 11.8. The lowest BCUT2D eigenvalue weighted by atomic mass is 10.2. The third kappa shape index (κ3) is 5.21. The highest BCUT2D eigenvalue weighted by molar-refractivity contribution is 6.42. The third-order valence-electron chi connectivity index (χ3n) is 2.40. The minimum Gasteiger partial charge on any atom is -0.480 e. The van der Waals surface area contributed by atoms with Crippen molar-refractivity contribution in [3.8, 4) is 0 Å². The fraction of sp³-hybridized carbons (Fsp3) is 0.231. The van der Waals surface area contributed by atoms with Gasteiger partial charge in [0.25, 0.3) is 0 Å². The molecule has 0 aliphatic rings. The normalized spacial score (nSPS) is 11.7. The van der Waals surface area contributed by atoms with Crippen molar-refractivity contribution >= 4 is 40.8 Å². The van der Waals surface area contributed by atoms with Crippen molar-refractivity contribution in [1.82, 2.24) is 5.32 Å². The van der Waals surface area contributed by atoms with Crippen molar-refractivity contribution in [3.63, 3.8) is 0 Å². The molecule has 3 N–H and O–H groups in total. The van der Waals surface area contributed by atoms with E-state index in [2.05, 4.69) is 17.2 Å². The van der Waals surface area contributed by atoms with Gasteiger partial charge in [0.05, 0.1) is 16.5 Å². The van der Waals surface area contributed by atoms with E-state index in [9.17, 15) is 9.59 Å². The van der Waals surface area contributed by atoms with E-state index in [1.165, 1.54) is 12.1 Å². The molecule has 1 amide bonds. The van der Waals surface area contributed by atoms with E-state index >= 15 is 0 Å². The third-order valence-corrected chi connectivity index (χ3v) is 3.14. The number of aliphatic carboxylic acids is 1. The van der Waals surface area contributed by atoms with Crippen LogP contribution in [-0.4, -0.2) is 29.6 Å². The lowest BCUT2D eigenvalue weighted by Crippen LogP contribution is -2.39. The predicted molar refractivity (Wildman–Crippen MR) is 79.3 cm³/mol. The van der Waals surface area contributed by atoms with Crippen LogP contribution in [0.1, 0.15) is 6.42 Å². The molecule has 0 saturated carbocycles. The Balaban J connectivity index is 2.62. The van der Waals surface area contributed by atoms with E-state index in [0.717, 1.165) is 0 Å². The van der Waals surface area contributed by atoms with Gasteiger partial charge in [-0.15, -0.1) is 6.58 Å². The van der Waals surface area contributed by atoms with Crippen molar-refractivity contribution in [2.75, 3.05) is 11.9 Å². The molecule has 1 atom stereocenters. The number of halogens is 2. The molecular formula is C13H14Cl2N2O3. The molecular weight excluding hydrogens is 303 g/mol. The molecule has 0 fully saturated rings. The van der Waals surface area contributed by atoms with Gasteiger partial charge in [0.1, 0.15) is 6.04 Å². The van der Waals surface area contributed by atoms with Crippen LogP contribution in [0.25, 0.3) is 0 Å². The van der Waals surface area contributed by atoms with Crippen LogP contribution in [0.3, 0.4) is 0 Å². The maximum atomic E-state index is 11.8. The molecule has 0 aliphatic carbocycles. The fourth-order valence-electron chi connectivity index (χ4n) is 1.44. The average molecular weight is 317 g/mol. The summed E-state index contributed by atoms with van der Waals surface area (Å²) in [6.07, 6.45) is 1.32. The molecule has 20 heavy (non-hydrogen) atoms. The lowest BCUT2D eigenvalue weighted by Gasteiger charge is -2.13. The number of benzene rings is 1. The Bertz CT molecular complexity index is 520. The van der Waals surface area contributed by atoms with Gasteiger partial charge in [-0.05, 0) is 18.2 Å². The lowest BCUT2D eigenvalue weighted by molar-refractivity contribution is -0.140. The second-order valence-corrected chi connectivity index (χ2v) is 4.78. The Kier molecular flexibility index (Phi) is 6.51. The van der Waals surface area contributed by atoms with Crippen molar-refractivity contribution < 1.29 is 14.7 Å². The zero-order valence-electron chi connectivity index (χ0n) is 10.5. The number of anilines is 1. The molecule has 5 nitrogen and oxygen atoms in total.